The Balaban J connectivity index is 2.79. The number of benzene rings is 1. The fourth-order valence-corrected chi connectivity index (χ4v) is 2.21. The van der Waals surface area contributed by atoms with E-state index in [1.54, 1.807) is 0 Å². The van der Waals surface area contributed by atoms with E-state index in [9.17, 15) is 0 Å². The van der Waals surface area contributed by atoms with Gasteiger partial charge in [-0.3, -0.25) is 0 Å². The molecule has 1 heterocycles. The summed E-state index contributed by atoms with van der Waals surface area (Å²) in [6.07, 6.45) is 2.21. The van der Waals surface area contributed by atoms with E-state index in [4.69, 9.17) is 0 Å². The van der Waals surface area contributed by atoms with Crippen molar-refractivity contribution >= 4 is 10.9 Å². The predicted octanol–water partition coefficient (Wildman–Crippen LogP) is 3.60. The van der Waals surface area contributed by atoms with Gasteiger partial charge in [-0.15, -0.1) is 0 Å². The van der Waals surface area contributed by atoms with E-state index in [2.05, 4.69) is 44.0 Å². The summed E-state index contributed by atoms with van der Waals surface area (Å²) in [6.45, 7) is 6.59. The van der Waals surface area contributed by atoms with Gasteiger partial charge in [-0.2, -0.15) is 0 Å². The van der Waals surface area contributed by atoms with E-state index in [1.807, 2.05) is 0 Å². The van der Waals surface area contributed by atoms with Gasteiger partial charge < -0.3 is 4.98 Å². The molecule has 0 saturated heterocycles. The summed E-state index contributed by atoms with van der Waals surface area (Å²) in [5.74, 6) is 0. The number of aromatic nitrogens is 1. The van der Waals surface area contributed by atoms with Crippen molar-refractivity contribution in [2.75, 3.05) is 0 Å². The van der Waals surface area contributed by atoms with Crippen molar-refractivity contribution in [2.24, 2.45) is 0 Å². The molecular formula is C13H17N. The highest BCUT2D eigenvalue weighted by Gasteiger charge is 2.08. The molecule has 1 nitrogen and oxygen atoms in total. The van der Waals surface area contributed by atoms with E-state index in [0.29, 0.717) is 0 Å². The summed E-state index contributed by atoms with van der Waals surface area (Å²) >= 11 is 0. The fourth-order valence-electron chi connectivity index (χ4n) is 2.21. The SMILES string of the molecule is CCc1c(C)[nH]c2c(CC)cccc12. The number of aromatic amines is 1. The molecule has 14 heavy (non-hydrogen) atoms. The van der Waals surface area contributed by atoms with Gasteiger partial charge in [0.2, 0.25) is 0 Å². The molecule has 74 valence electrons. The Kier molecular flexibility index (Phi) is 2.32. The summed E-state index contributed by atoms with van der Waals surface area (Å²) in [5, 5.41) is 1.41. The zero-order valence-corrected chi connectivity index (χ0v) is 9.15. The van der Waals surface area contributed by atoms with E-state index < -0.39 is 0 Å². The zero-order valence-electron chi connectivity index (χ0n) is 9.15. The molecule has 0 aliphatic rings. The van der Waals surface area contributed by atoms with Crippen molar-refractivity contribution in [3.63, 3.8) is 0 Å². The van der Waals surface area contributed by atoms with Crippen LogP contribution < -0.4 is 0 Å². The first kappa shape index (κ1) is 9.32. The van der Waals surface area contributed by atoms with Crippen molar-refractivity contribution in [1.82, 2.24) is 4.98 Å². The van der Waals surface area contributed by atoms with Gasteiger partial charge in [0.1, 0.15) is 0 Å². The van der Waals surface area contributed by atoms with Gasteiger partial charge in [0, 0.05) is 16.6 Å². The van der Waals surface area contributed by atoms with Crippen molar-refractivity contribution in [3.05, 3.63) is 35.0 Å². The van der Waals surface area contributed by atoms with Gasteiger partial charge in [-0.25, -0.2) is 0 Å². The van der Waals surface area contributed by atoms with Gasteiger partial charge in [0.05, 0.1) is 0 Å². The van der Waals surface area contributed by atoms with Gasteiger partial charge in [-0.1, -0.05) is 32.0 Å². The number of nitrogens with one attached hydrogen (secondary N) is 1. The van der Waals surface area contributed by atoms with Gasteiger partial charge in [-0.05, 0) is 30.9 Å². The van der Waals surface area contributed by atoms with Crippen molar-refractivity contribution in [2.45, 2.75) is 33.6 Å². The number of hydrogen-bond donors (Lipinski definition) is 1. The number of aryl methyl sites for hydroxylation is 3. The third-order valence-corrected chi connectivity index (χ3v) is 2.98. The second-order valence-corrected chi connectivity index (χ2v) is 3.78. The molecule has 1 N–H and O–H groups in total. The molecule has 0 amide bonds. The maximum absolute atomic E-state index is 3.50. The molecule has 0 aliphatic heterocycles. The monoisotopic (exact) mass is 187 g/mol. The molecule has 1 heteroatoms. The van der Waals surface area contributed by atoms with Crippen molar-refractivity contribution < 1.29 is 0 Å². The van der Waals surface area contributed by atoms with E-state index in [1.165, 1.54) is 27.7 Å². The molecule has 0 fully saturated rings. The van der Waals surface area contributed by atoms with Gasteiger partial charge in [0.15, 0.2) is 0 Å². The zero-order chi connectivity index (χ0) is 10.1. The maximum Gasteiger partial charge on any atom is 0.0491 e. The van der Waals surface area contributed by atoms with Crippen molar-refractivity contribution in [3.8, 4) is 0 Å². The summed E-state index contributed by atoms with van der Waals surface area (Å²) < 4.78 is 0. The van der Waals surface area contributed by atoms with Crippen LogP contribution in [0.4, 0.5) is 0 Å². The van der Waals surface area contributed by atoms with Crippen LogP contribution >= 0.6 is 0 Å². The highest BCUT2D eigenvalue weighted by atomic mass is 14.7. The minimum Gasteiger partial charge on any atom is -0.358 e. The Labute approximate surface area is 85.1 Å². The van der Waals surface area contributed by atoms with Crippen LogP contribution in [0.2, 0.25) is 0 Å². The molecular weight excluding hydrogens is 170 g/mol. The Hall–Kier alpha value is -1.24. The number of H-pyrrole nitrogens is 1. The highest BCUT2D eigenvalue weighted by Crippen LogP contribution is 2.25. The minimum absolute atomic E-state index is 1.10. The van der Waals surface area contributed by atoms with Crippen LogP contribution in [0, 0.1) is 6.92 Å². The molecule has 2 rings (SSSR count). The first-order valence-corrected chi connectivity index (χ1v) is 5.37. The highest BCUT2D eigenvalue weighted by molar-refractivity contribution is 5.87. The third-order valence-electron chi connectivity index (χ3n) is 2.98. The smallest absolute Gasteiger partial charge is 0.0491 e. The Morgan fingerprint density at radius 1 is 1.14 bits per heavy atom. The lowest BCUT2D eigenvalue weighted by Crippen LogP contribution is -1.82. The lowest BCUT2D eigenvalue weighted by Gasteiger charge is -1.99. The molecule has 0 saturated carbocycles. The van der Waals surface area contributed by atoms with E-state index in [-0.39, 0.29) is 0 Å². The third kappa shape index (κ3) is 1.24. The molecule has 0 aliphatic carbocycles. The molecule has 1 aromatic heterocycles. The minimum atomic E-state index is 1.10. The predicted molar refractivity (Wildman–Crippen MR) is 61.8 cm³/mol. The molecule has 0 bridgehead atoms. The van der Waals surface area contributed by atoms with Crippen LogP contribution in [-0.4, -0.2) is 4.98 Å². The molecule has 1 aromatic carbocycles. The number of hydrogen-bond acceptors (Lipinski definition) is 0. The first-order valence-electron chi connectivity index (χ1n) is 5.37. The normalized spacial score (nSPS) is 11.1. The molecule has 0 unspecified atom stereocenters. The van der Waals surface area contributed by atoms with Crippen LogP contribution in [-0.2, 0) is 12.8 Å². The molecule has 2 aromatic rings. The van der Waals surface area contributed by atoms with Crippen LogP contribution in [0.3, 0.4) is 0 Å². The van der Waals surface area contributed by atoms with Gasteiger partial charge in [0.25, 0.3) is 0 Å². The summed E-state index contributed by atoms with van der Waals surface area (Å²) in [6, 6.07) is 6.59. The second kappa shape index (κ2) is 3.49. The van der Waals surface area contributed by atoms with Crippen LogP contribution in [0.5, 0.6) is 0 Å². The Bertz CT molecular complexity index is 451. The quantitative estimate of drug-likeness (QED) is 0.739. The lowest BCUT2D eigenvalue weighted by molar-refractivity contribution is 1.10. The number of para-hydroxylation sites is 1. The van der Waals surface area contributed by atoms with E-state index >= 15 is 0 Å². The standard InChI is InChI=1S/C13H17N/c1-4-10-7-6-8-12-11(5-2)9(3)14-13(10)12/h6-8,14H,4-5H2,1-3H3. The number of fused-ring (bicyclic) bond motifs is 1. The average molecular weight is 187 g/mol. The van der Waals surface area contributed by atoms with E-state index in [0.717, 1.165) is 12.8 Å². The average Bonchev–Trinajstić information content (AvgIpc) is 2.52. The second-order valence-electron chi connectivity index (χ2n) is 3.78. The van der Waals surface area contributed by atoms with Crippen LogP contribution in [0.1, 0.15) is 30.7 Å². The van der Waals surface area contributed by atoms with Crippen LogP contribution in [0.25, 0.3) is 10.9 Å². The summed E-state index contributed by atoms with van der Waals surface area (Å²) in [4.78, 5) is 3.50. The maximum atomic E-state index is 3.50. The fraction of sp³-hybridized carbons (Fsp3) is 0.385. The summed E-state index contributed by atoms with van der Waals surface area (Å²) in [5.41, 5.74) is 5.55. The topological polar surface area (TPSA) is 15.8 Å². The van der Waals surface area contributed by atoms with Gasteiger partial charge >= 0.3 is 0 Å². The number of rotatable bonds is 2. The van der Waals surface area contributed by atoms with Crippen LogP contribution in [0.15, 0.2) is 18.2 Å². The summed E-state index contributed by atoms with van der Waals surface area (Å²) in [7, 11) is 0. The van der Waals surface area contributed by atoms with Crippen molar-refractivity contribution in [1.29, 1.82) is 0 Å². The lowest BCUT2D eigenvalue weighted by atomic mass is 10.0. The molecule has 0 spiro atoms. The first-order chi connectivity index (χ1) is 6.77. The Morgan fingerprint density at radius 2 is 1.93 bits per heavy atom. The molecule has 0 atom stereocenters. The molecule has 0 radical (unpaired) electrons. The Morgan fingerprint density at radius 3 is 2.57 bits per heavy atom. The largest absolute Gasteiger partial charge is 0.358 e.